The Hall–Kier alpha value is -2.63. The minimum absolute atomic E-state index is 0.0691. The molecule has 1 saturated carbocycles. The van der Waals surface area contributed by atoms with E-state index in [2.05, 4.69) is 10.4 Å². The van der Waals surface area contributed by atoms with Gasteiger partial charge in [-0.2, -0.15) is 5.10 Å². The van der Waals surface area contributed by atoms with Crippen molar-refractivity contribution in [2.45, 2.75) is 38.1 Å². The van der Waals surface area contributed by atoms with Crippen molar-refractivity contribution in [2.75, 3.05) is 13.1 Å². The van der Waals surface area contributed by atoms with Gasteiger partial charge in [-0.3, -0.25) is 9.59 Å². The van der Waals surface area contributed by atoms with Gasteiger partial charge in [-0.1, -0.05) is 18.2 Å². The van der Waals surface area contributed by atoms with E-state index in [-0.39, 0.29) is 17.7 Å². The second kappa shape index (κ2) is 7.32. The van der Waals surface area contributed by atoms with Gasteiger partial charge in [-0.05, 0) is 43.4 Å². The molecule has 6 nitrogen and oxygen atoms in total. The molecule has 1 N–H and O–H groups in total. The van der Waals surface area contributed by atoms with Crippen LogP contribution < -0.4 is 5.32 Å². The molecule has 2 amide bonds. The van der Waals surface area contributed by atoms with Gasteiger partial charge in [0.15, 0.2) is 0 Å². The lowest BCUT2D eigenvalue weighted by molar-refractivity contribution is -0.135. The second-order valence-electron chi connectivity index (χ2n) is 7.27. The minimum Gasteiger partial charge on any atom is -0.353 e. The number of nitrogens with zero attached hydrogens (tertiary/aromatic N) is 3. The fraction of sp³-hybridized carbons (Fsp3) is 0.450. The van der Waals surface area contributed by atoms with Crippen LogP contribution in [0.15, 0.2) is 42.7 Å². The summed E-state index contributed by atoms with van der Waals surface area (Å²) in [5.41, 5.74) is 1.87. The topological polar surface area (TPSA) is 67.2 Å². The predicted molar refractivity (Wildman–Crippen MR) is 97.7 cm³/mol. The highest BCUT2D eigenvalue weighted by molar-refractivity contribution is 5.82. The van der Waals surface area contributed by atoms with Crippen molar-refractivity contribution in [3.63, 3.8) is 0 Å². The van der Waals surface area contributed by atoms with Gasteiger partial charge in [0.2, 0.25) is 11.8 Å². The molecule has 4 rings (SSSR count). The molecule has 1 aromatic carbocycles. The van der Waals surface area contributed by atoms with Gasteiger partial charge >= 0.3 is 0 Å². The highest BCUT2D eigenvalue weighted by atomic mass is 16.2. The van der Waals surface area contributed by atoms with Gasteiger partial charge in [0.25, 0.3) is 0 Å². The number of nitrogens with one attached hydrogen (secondary N) is 1. The van der Waals surface area contributed by atoms with Crippen molar-refractivity contribution in [1.29, 1.82) is 0 Å². The average molecular weight is 352 g/mol. The van der Waals surface area contributed by atoms with Crippen molar-refractivity contribution in [1.82, 2.24) is 20.0 Å². The Bertz CT molecular complexity index is 782. The van der Waals surface area contributed by atoms with Crippen LogP contribution in [0.4, 0.5) is 0 Å². The first-order valence-electron chi connectivity index (χ1n) is 9.36. The van der Waals surface area contributed by atoms with Crippen LogP contribution in [0.5, 0.6) is 0 Å². The third kappa shape index (κ3) is 3.95. The maximum Gasteiger partial charge on any atom is 0.227 e. The average Bonchev–Trinajstić information content (AvgIpc) is 3.37. The number of hydrogen-bond donors (Lipinski definition) is 1. The minimum atomic E-state index is -0.0691. The zero-order chi connectivity index (χ0) is 17.9. The Morgan fingerprint density at radius 3 is 2.73 bits per heavy atom. The Balaban J connectivity index is 1.35. The number of likely N-dealkylation sites (tertiary alicyclic amines) is 1. The quantitative estimate of drug-likeness (QED) is 0.894. The zero-order valence-electron chi connectivity index (χ0n) is 14.8. The maximum absolute atomic E-state index is 12.7. The van der Waals surface area contributed by atoms with Crippen LogP contribution in [0.1, 0.15) is 31.2 Å². The Kier molecular flexibility index (Phi) is 4.73. The number of carbonyl (C=O) groups excluding carboxylic acids is 2. The van der Waals surface area contributed by atoms with Crippen LogP contribution in [0.3, 0.4) is 0 Å². The van der Waals surface area contributed by atoms with Gasteiger partial charge < -0.3 is 10.2 Å². The van der Waals surface area contributed by atoms with E-state index in [0.717, 1.165) is 43.5 Å². The molecule has 0 radical (unpaired) electrons. The summed E-state index contributed by atoms with van der Waals surface area (Å²) in [5, 5.41) is 7.41. The molecule has 2 fully saturated rings. The summed E-state index contributed by atoms with van der Waals surface area (Å²) >= 11 is 0. The number of amides is 2. The third-order valence-corrected chi connectivity index (χ3v) is 5.08. The van der Waals surface area contributed by atoms with Crippen LogP contribution in [0.25, 0.3) is 5.69 Å². The number of aromatic nitrogens is 2. The molecule has 6 heteroatoms. The predicted octanol–water partition coefficient (Wildman–Crippen LogP) is 1.93. The van der Waals surface area contributed by atoms with Gasteiger partial charge in [0, 0.05) is 25.3 Å². The zero-order valence-corrected chi connectivity index (χ0v) is 14.8. The Labute approximate surface area is 153 Å². The molecule has 1 aliphatic heterocycles. The van der Waals surface area contributed by atoms with Crippen LogP contribution in [0.2, 0.25) is 0 Å². The van der Waals surface area contributed by atoms with E-state index in [9.17, 15) is 9.59 Å². The van der Waals surface area contributed by atoms with E-state index >= 15 is 0 Å². The third-order valence-electron chi connectivity index (χ3n) is 5.08. The number of carbonyl (C=O) groups is 2. The molecule has 1 saturated heterocycles. The largest absolute Gasteiger partial charge is 0.353 e. The van der Waals surface area contributed by atoms with Crippen LogP contribution in [-0.2, 0) is 16.0 Å². The van der Waals surface area contributed by atoms with Crippen molar-refractivity contribution in [3.8, 4) is 5.69 Å². The van der Waals surface area contributed by atoms with E-state index in [0.29, 0.717) is 19.0 Å². The van der Waals surface area contributed by atoms with Gasteiger partial charge in [0.05, 0.1) is 24.2 Å². The molecule has 0 spiro atoms. The molecule has 2 aliphatic rings. The molecule has 136 valence electrons. The molecule has 1 unspecified atom stereocenters. The van der Waals surface area contributed by atoms with Crippen molar-refractivity contribution >= 4 is 11.8 Å². The Morgan fingerprint density at radius 1 is 1.15 bits per heavy atom. The number of rotatable bonds is 5. The van der Waals surface area contributed by atoms with Crippen molar-refractivity contribution < 1.29 is 9.59 Å². The number of hydrogen-bond acceptors (Lipinski definition) is 3. The maximum atomic E-state index is 12.7. The second-order valence-corrected chi connectivity index (χ2v) is 7.27. The number of benzene rings is 1. The Morgan fingerprint density at radius 2 is 1.96 bits per heavy atom. The highest BCUT2D eigenvalue weighted by Gasteiger charge is 2.31. The summed E-state index contributed by atoms with van der Waals surface area (Å²) in [6.07, 6.45) is 7.90. The molecular formula is C20H24N4O2. The van der Waals surface area contributed by atoms with Crippen LogP contribution in [0, 0.1) is 5.92 Å². The lowest BCUT2D eigenvalue weighted by Crippen LogP contribution is -2.46. The smallest absolute Gasteiger partial charge is 0.227 e. The fourth-order valence-electron chi connectivity index (χ4n) is 3.42. The molecule has 1 atom stereocenters. The molecule has 2 heterocycles. The first-order valence-corrected chi connectivity index (χ1v) is 9.36. The summed E-state index contributed by atoms with van der Waals surface area (Å²) in [6.45, 7) is 1.27. The SMILES string of the molecule is O=C(NC1CC1)C1CCCN(C(=O)Cc2cnn(-c3ccccc3)c2)C1. The summed E-state index contributed by atoms with van der Waals surface area (Å²) < 4.78 is 1.78. The molecule has 0 bridgehead atoms. The summed E-state index contributed by atoms with van der Waals surface area (Å²) in [6, 6.07) is 10.2. The standard InChI is InChI=1S/C20H24N4O2/c25-19(11-15-12-21-24(13-15)18-6-2-1-3-7-18)23-10-4-5-16(14-23)20(26)22-17-8-9-17/h1-3,6-7,12-13,16-17H,4-5,8-11,14H2,(H,22,26). The number of para-hydroxylation sites is 1. The molecule has 26 heavy (non-hydrogen) atoms. The van der Waals surface area contributed by atoms with E-state index in [4.69, 9.17) is 0 Å². The van der Waals surface area contributed by atoms with E-state index in [1.165, 1.54) is 0 Å². The monoisotopic (exact) mass is 352 g/mol. The lowest BCUT2D eigenvalue weighted by atomic mass is 9.96. The first kappa shape index (κ1) is 16.8. The molecule has 1 aliphatic carbocycles. The summed E-state index contributed by atoms with van der Waals surface area (Å²) in [5.74, 6) is 0.115. The van der Waals surface area contributed by atoms with Crippen molar-refractivity contribution in [3.05, 3.63) is 48.3 Å². The van der Waals surface area contributed by atoms with Gasteiger partial charge in [-0.15, -0.1) is 0 Å². The van der Waals surface area contributed by atoms with Crippen molar-refractivity contribution in [2.24, 2.45) is 5.92 Å². The molecule has 1 aromatic heterocycles. The van der Waals surface area contributed by atoms with E-state index in [1.807, 2.05) is 41.4 Å². The highest BCUT2D eigenvalue weighted by Crippen LogP contribution is 2.22. The summed E-state index contributed by atoms with van der Waals surface area (Å²) in [7, 11) is 0. The van der Waals surface area contributed by atoms with Gasteiger partial charge in [0.1, 0.15) is 0 Å². The summed E-state index contributed by atoms with van der Waals surface area (Å²) in [4.78, 5) is 26.8. The van der Waals surface area contributed by atoms with Crippen LogP contribution in [-0.4, -0.2) is 45.6 Å². The number of piperidine rings is 1. The van der Waals surface area contributed by atoms with E-state index < -0.39 is 0 Å². The lowest BCUT2D eigenvalue weighted by Gasteiger charge is -2.32. The normalized spacial score (nSPS) is 20.0. The first-order chi connectivity index (χ1) is 12.7. The molecular weight excluding hydrogens is 328 g/mol. The fourth-order valence-corrected chi connectivity index (χ4v) is 3.42. The van der Waals surface area contributed by atoms with Crippen LogP contribution >= 0.6 is 0 Å². The van der Waals surface area contributed by atoms with E-state index in [1.54, 1.807) is 10.9 Å². The molecule has 2 aromatic rings. The van der Waals surface area contributed by atoms with Gasteiger partial charge in [-0.25, -0.2) is 4.68 Å².